The molecule has 22 heavy (non-hydrogen) atoms. The number of phenols is 1. The van der Waals surface area contributed by atoms with Gasteiger partial charge in [-0.3, -0.25) is 5.43 Å². The average Bonchev–Trinajstić information content (AvgIpc) is 3.01. The molecule has 0 saturated carbocycles. The molecule has 0 radical (unpaired) electrons. The number of thiazole rings is 1. The molecule has 0 spiro atoms. The highest BCUT2D eigenvalue weighted by Crippen LogP contribution is 2.24. The molecule has 0 unspecified atom stereocenters. The molecule has 0 aliphatic rings. The third kappa shape index (κ3) is 3.29. The monoisotopic (exact) mass is 313 g/mol. The number of nitrogens with one attached hydrogen (secondary N) is 1. The molecule has 0 bridgehead atoms. The van der Waals surface area contributed by atoms with Crippen LogP contribution in [0.2, 0.25) is 0 Å². The minimum absolute atomic E-state index is 0.377. The van der Waals surface area contributed by atoms with Crippen LogP contribution in [0.15, 0.2) is 59.0 Å². The van der Waals surface area contributed by atoms with Gasteiger partial charge in [0.15, 0.2) is 11.6 Å². The Bertz CT molecular complexity index is 802. The Hall–Kier alpha value is -2.73. The number of phenolic OH excluding ortho intramolecular Hbond substituents is 1. The number of halogens is 1. The third-order valence-electron chi connectivity index (χ3n) is 2.92. The van der Waals surface area contributed by atoms with Crippen molar-refractivity contribution in [1.29, 1.82) is 0 Å². The SMILES string of the molecule is Oc1ccc(C=NNc2nc(-c3ccccc3)cs2)cc1F. The number of benzene rings is 2. The number of anilines is 1. The molecule has 3 rings (SSSR count). The summed E-state index contributed by atoms with van der Waals surface area (Å²) in [4.78, 5) is 4.42. The summed E-state index contributed by atoms with van der Waals surface area (Å²) in [7, 11) is 0. The summed E-state index contributed by atoms with van der Waals surface area (Å²) in [6.07, 6.45) is 1.46. The van der Waals surface area contributed by atoms with Gasteiger partial charge in [0.05, 0.1) is 11.9 Å². The van der Waals surface area contributed by atoms with Crippen molar-refractivity contribution in [2.24, 2.45) is 5.10 Å². The van der Waals surface area contributed by atoms with E-state index in [0.29, 0.717) is 10.7 Å². The second kappa shape index (κ2) is 6.36. The molecule has 0 atom stereocenters. The maximum absolute atomic E-state index is 13.2. The minimum atomic E-state index is -0.676. The van der Waals surface area contributed by atoms with Crippen LogP contribution in [0, 0.1) is 5.82 Å². The fourth-order valence-electron chi connectivity index (χ4n) is 1.83. The zero-order valence-electron chi connectivity index (χ0n) is 11.4. The summed E-state index contributed by atoms with van der Waals surface area (Å²) in [5.74, 6) is -1.05. The van der Waals surface area contributed by atoms with Crippen molar-refractivity contribution in [3.05, 3.63) is 65.3 Å². The number of hydrogen-bond acceptors (Lipinski definition) is 5. The Morgan fingerprint density at radius 3 is 2.77 bits per heavy atom. The summed E-state index contributed by atoms with van der Waals surface area (Å²) in [6.45, 7) is 0. The molecule has 3 aromatic rings. The first kappa shape index (κ1) is 14.2. The van der Waals surface area contributed by atoms with Crippen LogP contribution in [0.25, 0.3) is 11.3 Å². The lowest BCUT2D eigenvalue weighted by Gasteiger charge is -1.97. The first-order chi connectivity index (χ1) is 10.7. The van der Waals surface area contributed by atoms with Crippen molar-refractivity contribution in [2.75, 3.05) is 5.43 Å². The largest absolute Gasteiger partial charge is 0.505 e. The molecule has 0 fully saturated rings. The highest BCUT2D eigenvalue weighted by Gasteiger charge is 2.03. The van der Waals surface area contributed by atoms with E-state index < -0.39 is 5.82 Å². The van der Waals surface area contributed by atoms with E-state index in [-0.39, 0.29) is 5.75 Å². The van der Waals surface area contributed by atoms with E-state index >= 15 is 0 Å². The molecule has 0 aliphatic heterocycles. The van der Waals surface area contributed by atoms with Crippen LogP contribution in [-0.2, 0) is 0 Å². The lowest BCUT2D eigenvalue weighted by Crippen LogP contribution is -1.91. The molecule has 1 aromatic heterocycles. The van der Waals surface area contributed by atoms with Crippen LogP contribution in [0.4, 0.5) is 9.52 Å². The summed E-state index contributed by atoms with van der Waals surface area (Å²) in [5.41, 5.74) is 5.27. The van der Waals surface area contributed by atoms with E-state index in [4.69, 9.17) is 5.11 Å². The molecule has 2 N–H and O–H groups in total. The molecular formula is C16H12FN3OS. The number of aromatic hydroxyl groups is 1. The molecule has 2 aromatic carbocycles. The van der Waals surface area contributed by atoms with Crippen LogP contribution in [0.5, 0.6) is 5.75 Å². The van der Waals surface area contributed by atoms with Crippen molar-refractivity contribution < 1.29 is 9.50 Å². The average molecular weight is 313 g/mol. The zero-order chi connectivity index (χ0) is 15.4. The van der Waals surface area contributed by atoms with Crippen LogP contribution < -0.4 is 5.43 Å². The summed E-state index contributed by atoms with van der Waals surface area (Å²) < 4.78 is 13.2. The normalized spacial score (nSPS) is 11.0. The minimum Gasteiger partial charge on any atom is -0.505 e. The lowest BCUT2D eigenvalue weighted by atomic mass is 10.2. The number of aromatic nitrogens is 1. The molecule has 0 aliphatic carbocycles. The van der Waals surface area contributed by atoms with Gasteiger partial charge in [-0.15, -0.1) is 11.3 Å². The second-order valence-electron chi connectivity index (χ2n) is 4.48. The van der Waals surface area contributed by atoms with E-state index in [1.807, 2.05) is 35.7 Å². The Labute approximate surface area is 130 Å². The third-order valence-corrected chi connectivity index (χ3v) is 3.67. The van der Waals surface area contributed by atoms with Crippen molar-refractivity contribution in [3.8, 4) is 17.0 Å². The number of hydrogen-bond donors (Lipinski definition) is 2. The number of nitrogens with zero attached hydrogens (tertiary/aromatic N) is 2. The molecule has 0 amide bonds. The van der Waals surface area contributed by atoms with Crippen LogP contribution in [0.1, 0.15) is 5.56 Å². The van der Waals surface area contributed by atoms with Gasteiger partial charge in [-0.05, 0) is 23.8 Å². The predicted molar refractivity (Wildman–Crippen MR) is 86.8 cm³/mol. The maximum Gasteiger partial charge on any atom is 0.203 e. The van der Waals surface area contributed by atoms with Gasteiger partial charge in [0.25, 0.3) is 0 Å². The van der Waals surface area contributed by atoms with E-state index in [2.05, 4.69) is 15.5 Å². The summed E-state index contributed by atoms with van der Waals surface area (Å²) >= 11 is 1.44. The highest BCUT2D eigenvalue weighted by molar-refractivity contribution is 7.14. The Balaban J connectivity index is 1.68. The Kier molecular flexibility index (Phi) is 4.11. The highest BCUT2D eigenvalue weighted by atomic mass is 32.1. The van der Waals surface area contributed by atoms with E-state index in [0.717, 1.165) is 11.3 Å². The maximum atomic E-state index is 13.2. The number of hydrazone groups is 1. The zero-order valence-corrected chi connectivity index (χ0v) is 12.2. The van der Waals surface area contributed by atoms with E-state index in [9.17, 15) is 4.39 Å². The predicted octanol–water partition coefficient (Wildman–Crippen LogP) is 4.10. The van der Waals surface area contributed by atoms with E-state index in [1.54, 1.807) is 6.07 Å². The topological polar surface area (TPSA) is 57.5 Å². The van der Waals surface area contributed by atoms with Gasteiger partial charge in [0.2, 0.25) is 5.13 Å². The first-order valence-corrected chi connectivity index (χ1v) is 7.39. The number of rotatable bonds is 4. The van der Waals surface area contributed by atoms with Gasteiger partial charge >= 0.3 is 0 Å². The van der Waals surface area contributed by atoms with Crippen molar-refractivity contribution in [3.63, 3.8) is 0 Å². The molecule has 6 heteroatoms. The van der Waals surface area contributed by atoms with E-state index in [1.165, 1.54) is 29.7 Å². The second-order valence-corrected chi connectivity index (χ2v) is 5.34. The first-order valence-electron chi connectivity index (χ1n) is 6.51. The van der Waals surface area contributed by atoms with Crippen LogP contribution >= 0.6 is 11.3 Å². The smallest absolute Gasteiger partial charge is 0.203 e. The van der Waals surface area contributed by atoms with Gasteiger partial charge < -0.3 is 5.11 Å². The lowest BCUT2D eigenvalue weighted by molar-refractivity contribution is 0.432. The molecule has 0 saturated heterocycles. The van der Waals surface area contributed by atoms with Gasteiger partial charge in [-0.25, -0.2) is 9.37 Å². The quantitative estimate of drug-likeness (QED) is 0.563. The van der Waals surface area contributed by atoms with Gasteiger partial charge in [-0.1, -0.05) is 30.3 Å². The van der Waals surface area contributed by atoms with Gasteiger partial charge in [0.1, 0.15) is 0 Å². The molecule has 4 nitrogen and oxygen atoms in total. The van der Waals surface area contributed by atoms with Crippen molar-refractivity contribution in [2.45, 2.75) is 0 Å². The molecule has 1 heterocycles. The Morgan fingerprint density at radius 2 is 2.00 bits per heavy atom. The van der Waals surface area contributed by atoms with Crippen LogP contribution in [-0.4, -0.2) is 16.3 Å². The fraction of sp³-hybridized carbons (Fsp3) is 0. The fourth-order valence-corrected chi connectivity index (χ4v) is 2.50. The standard InChI is InChI=1S/C16H12FN3OS/c17-13-8-11(6-7-15(13)21)9-18-20-16-19-14(10-22-16)12-4-2-1-3-5-12/h1-10,21H,(H,19,20). The molecule has 110 valence electrons. The van der Waals surface area contributed by atoms with Crippen LogP contribution in [0.3, 0.4) is 0 Å². The molecular weight excluding hydrogens is 301 g/mol. The van der Waals surface area contributed by atoms with Gasteiger partial charge in [0, 0.05) is 10.9 Å². The summed E-state index contributed by atoms with van der Waals surface area (Å²) in [6, 6.07) is 13.9. The van der Waals surface area contributed by atoms with Crippen molar-refractivity contribution in [1.82, 2.24) is 4.98 Å². The van der Waals surface area contributed by atoms with Crippen molar-refractivity contribution >= 4 is 22.7 Å². The van der Waals surface area contributed by atoms with Gasteiger partial charge in [-0.2, -0.15) is 5.10 Å². The Morgan fingerprint density at radius 1 is 1.18 bits per heavy atom. The summed E-state index contributed by atoms with van der Waals surface area (Å²) in [5, 5.41) is 15.7.